The van der Waals surface area contributed by atoms with Gasteiger partial charge in [0.1, 0.15) is 0 Å². The molecule has 3 nitrogen and oxygen atoms in total. The maximum atomic E-state index is 3.98. The third-order valence-corrected chi connectivity index (χ3v) is 16.1. The van der Waals surface area contributed by atoms with Crippen molar-refractivity contribution in [3.63, 3.8) is 0 Å². The van der Waals surface area contributed by atoms with Gasteiger partial charge in [0.25, 0.3) is 0 Å². The molecule has 0 bridgehead atoms. The van der Waals surface area contributed by atoms with Crippen LogP contribution >= 0.6 is 0 Å². The van der Waals surface area contributed by atoms with Crippen molar-refractivity contribution in [2.24, 2.45) is 0 Å². The van der Waals surface area contributed by atoms with E-state index in [-0.39, 0.29) is 16.2 Å². The summed E-state index contributed by atoms with van der Waals surface area (Å²) in [7, 11) is 0.735. The maximum Gasteiger partial charge on any atom is 0.198 e. The normalized spacial score (nSPS) is 13.2. The minimum atomic E-state index is -0.254. The van der Waals surface area contributed by atoms with Crippen molar-refractivity contribution in [3.8, 4) is 44.5 Å². The van der Waals surface area contributed by atoms with E-state index < -0.39 is 0 Å². The van der Waals surface area contributed by atoms with Crippen LogP contribution in [0.25, 0.3) is 44.5 Å². The van der Waals surface area contributed by atoms with E-state index in [4.69, 9.17) is 0 Å². The number of anilines is 8. The lowest BCUT2D eigenvalue weighted by molar-refractivity contribution is 0.590. The lowest BCUT2D eigenvalue weighted by Gasteiger charge is -2.38. The highest BCUT2D eigenvalue weighted by molar-refractivity contribution is 6.73. The summed E-state index contributed by atoms with van der Waals surface area (Å²) in [5.74, 6) is 0. The van der Waals surface area contributed by atoms with Gasteiger partial charge in [-0.2, -0.15) is 0 Å². The molecule has 4 heteroatoms. The molecule has 0 unspecified atom stereocenters. The molecule has 0 saturated carbocycles. The van der Waals surface area contributed by atoms with E-state index in [2.05, 4.69) is 302 Å². The first-order chi connectivity index (χ1) is 36.6. The third kappa shape index (κ3) is 8.70. The smallest absolute Gasteiger partial charge is 0.198 e. The molecule has 12 rings (SSSR count). The van der Waals surface area contributed by atoms with Crippen LogP contribution in [-0.2, 0) is 16.2 Å². The number of rotatable bonds is 9. The molecule has 0 saturated heterocycles. The van der Waals surface area contributed by atoms with Crippen LogP contribution in [0.4, 0.5) is 45.5 Å². The topological polar surface area (TPSA) is 18.5 Å². The fourth-order valence-electron chi connectivity index (χ4n) is 12.0. The van der Waals surface area contributed by atoms with E-state index in [0.717, 1.165) is 35.7 Å². The Morgan fingerprint density at radius 2 is 0.974 bits per heavy atom. The first kappa shape index (κ1) is 48.6. The number of para-hydroxylation sites is 1. The van der Waals surface area contributed by atoms with Crippen molar-refractivity contribution in [1.82, 2.24) is 0 Å². The van der Waals surface area contributed by atoms with Gasteiger partial charge in [0, 0.05) is 56.5 Å². The van der Waals surface area contributed by atoms with Crippen molar-refractivity contribution >= 4 is 63.7 Å². The zero-order valence-electron chi connectivity index (χ0n) is 45.5. The molecule has 0 aromatic heterocycles. The van der Waals surface area contributed by atoms with Crippen molar-refractivity contribution in [2.45, 2.75) is 78.6 Å². The van der Waals surface area contributed by atoms with Crippen molar-refractivity contribution in [2.75, 3.05) is 15.1 Å². The lowest BCUT2D eigenvalue weighted by Crippen LogP contribution is -2.42. The zero-order valence-corrected chi connectivity index (χ0v) is 45.5. The van der Waals surface area contributed by atoms with E-state index >= 15 is 0 Å². The molecule has 0 atom stereocenters. The molecule has 0 fully saturated rings. The summed E-state index contributed by atoms with van der Waals surface area (Å²) in [5.41, 5.74) is 27.9. The van der Waals surface area contributed by atoms with Gasteiger partial charge >= 0.3 is 0 Å². The Morgan fingerprint density at radius 1 is 0.434 bits per heavy atom. The van der Waals surface area contributed by atoms with Gasteiger partial charge in [-0.15, -0.1) is 0 Å². The lowest BCUT2D eigenvalue weighted by atomic mass is 9.57. The Hall–Kier alpha value is -8.34. The fourth-order valence-corrected chi connectivity index (χ4v) is 12.0. The quantitative estimate of drug-likeness (QED) is 0.145. The van der Waals surface area contributed by atoms with Crippen LogP contribution < -0.4 is 26.0 Å². The van der Waals surface area contributed by atoms with Crippen molar-refractivity contribution in [3.05, 3.63) is 252 Å². The molecule has 1 aliphatic heterocycles. The molecule has 0 amide bonds. The molecular formula is C72H66BN3. The number of benzene rings is 10. The summed E-state index contributed by atoms with van der Waals surface area (Å²) in [6, 6.07) is 83.6. The minimum absolute atomic E-state index is 0.0335. The molecule has 10 aromatic rings. The summed E-state index contributed by atoms with van der Waals surface area (Å²) < 4.78 is 0. The van der Waals surface area contributed by atoms with Crippen LogP contribution in [0.15, 0.2) is 224 Å². The average Bonchev–Trinajstić information content (AvgIpc) is 3.92. The van der Waals surface area contributed by atoms with Gasteiger partial charge < -0.3 is 15.1 Å². The Balaban J connectivity index is 1.10. The van der Waals surface area contributed by atoms with Crippen LogP contribution in [0.5, 0.6) is 0 Å². The third-order valence-electron chi connectivity index (χ3n) is 16.1. The number of fused-ring (bicyclic) bond motifs is 5. The number of aryl methyl sites for hydroxylation is 1. The monoisotopic (exact) mass is 984 g/mol. The summed E-state index contributed by atoms with van der Waals surface area (Å²) in [5, 5.41) is 3.98. The van der Waals surface area contributed by atoms with Crippen LogP contribution in [0.1, 0.15) is 83.2 Å². The van der Waals surface area contributed by atoms with E-state index in [0.29, 0.717) is 0 Å². The van der Waals surface area contributed by atoms with Gasteiger partial charge in [-0.25, -0.2) is 0 Å². The van der Waals surface area contributed by atoms with Gasteiger partial charge in [0.15, 0.2) is 7.28 Å². The Labute approximate surface area is 451 Å². The molecule has 2 aliphatic rings. The second kappa shape index (κ2) is 18.8. The molecule has 0 radical (unpaired) electrons. The number of nitrogens with zero attached hydrogens (tertiary/aromatic N) is 2. The number of hydrogen-bond acceptors (Lipinski definition) is 3. The molecule has 372 valence electrons. The predicted octanol–water partition coefficient (Wildman–Crippen LogP) is 18.3. The van der Waals surface area contributed by atoms with Gasteiger partial charge in [0.2, 0.25) is 0 Å². The summed E-state index contributed by atoms with van der Waals surface area (Å²) in [6.07, 6.45) is 0. The van der Waals surface area contributed by atoms with Crippen molar-refractivity contribution in [1.29, 1.82) is 0 Å². The predicted molar refractivity (Wildman–Crippen MR) is 328 cm³/mol. The van der Waals surface area contributed by atoms with Gasteiger partial charge in [-0.3, -0.25) is 0 Å². The van der Waals surface area contributed by atoms with E-state index in [1.54, 1.807) is 0 Å². The summed E-state index contributed by atoms with van der Waals surface area (Å²) in [6.45, 7) is 20.8. The van der Waals surface area contributed by atoms with Gasteiger partial charge in [-0.1, -0.05) is 206 Å². The second-order valence-corrected chi connectivity index (χ2v) is 23.6. The van der Waals surface area contributed by atoms with Crippen LogP contribution in [0.2, 0.25) is 0 Å². The zero-order chi connectivity index (χ0) is 52.5. The highest BCUT2D eigenvalue weighted by Gasteiger charge is 2.41. The minimum Gasteiger partial charge on any atom is -0.355 e. The number of nitrogens with one attached hydrogen (secondary N) is 1. The molecule has 0 spiro atoms. The van der Waals surface area contributed by atoms with E-state index in [9.17, 15) is 0 Å². The van der Waals surface area contributed by atoms with Crippen LogP contribution in [0, 0.1) is 6.92 Å². The Kier molecular flexibility index (Phi) is 12.0. The summed E-state index contributed by atoms with van der Waals surface area (Å²) in [4.78, 5) is 5.04. The van der Waals surface area contributed by atoms with E-state index in [1.807, 2.05) is 0 Å². The Morgan fingerprint density at radius 3 is 1.59 bits per heavy atom. The van der Waals surface area contributed by atoms with E-state index in [1.165, 1.54) is 100 Å². The molecular weight excluding hydrogens is 918 g/mol. The fraction of sp³-hybridized carbons (Fsp3) is 0.167. The average molecular weight is 984 g/mol. The van der Waals surface area contributed by atoms with Gasteiger partial charge in [-0.05, 0) is 169 Å². The van der Waals surface area contributed by atoms with Crippen LogP contribution in [0.3, 0.4) is 0 Å². The standard InChI is InChI=1S/C72H66BN3/c1-47-43-51(49-23-14-11-15-24-49)31-41-64(47)76-65-42-40-57(75(55-36-32-52(33-37-55)70(2,3)4)56-38-34-53(35-39-56)71(5,6)7)45-62(65)73-69-66(76)46-61-67(58-27-16-18-29-60(58)72(61,8)9)68(69)59-28-17-19-30-63(59)74-54-26-20-25-50(44-54)48-21-12-10-13-22-48/h10-46,73-74H,1-9H3. The first-order valence-electron chi connectivity index (χ1n) is 27.0. The number of hydrogen-bond donors (Lipinski definition) is 1. The molecule has 1 heterocycles. The second-order valence-electron chi connectivity index (χ2n) is 23.6. The van der Waals surface area contributed by atoms with Crippen molar-refractivity contribution < 1.29 is 0 Å². The largest absolute Gasteiger partial charge is 0.355 e. The Bertz CT molecular complexity index is 3750. The molecule has 10 aromatic carbocycles. The molecule has 1 N–H and O–H groups in total. The molecule has 1 aliphatic carbocycles. The first-order valence-corrected chi connectivity index (χ1v) is 27.0. The van der Waals surface area contributed by atoms with Gasteiger partial charge in [0.05, 0.1) is 0 Å². The SMILES string of the molecule is Cc1cc(-c2ccccc2)ccc1N1c2ccc(N(c3ccc(C(C)(C)C)cc3)c3ccc(C(C)(C)C)cc3)cc2Bc2c1cc1c(c2-c2ccccc2Nc2cccc(-c3ccccc3)c2)-c2ccccc2C1(C)C. The van der Waals surface area contributed by atoms with Crippen LogP contribution in [-0.4, -0.2) is 7.28 Å². The molecule has 76 heavy (non-hydrogen) atoms. The maximum absolute atomic E-state index is 3.98. The summed E-state index contributed by atoms with van der Waals surface area (Å²) >= 11 is 0. The highest BCUT2D eigenvalue weighted by atomic mass is 15.2. The highest BCUT2D eigenvalue weighted by Crippen LogP contribution is 2.55.